The van der Waals surface area contributed by atoms with Gasteiger partial charge in [0.05, 0.1) is 20.3 Å². The third-order valence-electron chi connectivity index (χ3n) is 5.35. The van der Waals surface area contributed by atoms with Crippen molar-refractivity contribution in [3.05, 3.63) is 82.6 Å². The van der Waals surface area contributed by atoms with Crippen LogP contribution in [0, 0.1) is 0 Å². The summed E-state index contributed by atoms with van der Waals surface area (Å²) in [4.78, 5) is 2.52. The van der Waals surface area contributed by atoms with Crippen LogP contribution in [0.15, 0.2) is 60.8 Å². The molecule has 0 radical (unpaired) electrons. The van der Waals surface area contributed by atoms with Gasteiger partial charge in [-0.05, 0) is 53.9 Å². The van der Waals surface area contributed by atoms with Gasteiger partial charge < -0.3 is 14.0 Å². The minimum atomic E-state index is 0.135. The first-order valence-corrected chi connectivity index (χ1v) is 9.93. The smallest absolute Gasteiger partial charge is 0.161 e. The summed E-state index contributed by atoms with van der Waals surface area (Å²) in [5.74, 6) is 1.50. The fraction of sp³-hybridized carbons (Fsp3) is 0.304. The molecular weight excluding hydrogens is 372 g/mol. The quantitative estimate of drug-likeness (QED) is 0.596. The molecule has 0 unspecified atom stereocenters. The number of nitrogens with zero attached hydrogens (tertiary/aromatic N) is 2. The van der Waals surface area contributed by atoms with Crippen LogP contribution in [-0.4, -0.2) is 30.2 Å². The Kier molecular flexibility index (Phi) is 5.60. The first-order chi connectivity index (χ1) is 13.7. The van der Waals surface area contributed by atoms with Crippen molar-refractivity contribution in [2.24, 2.45) is 0 Å². The SMILES string of the molecule is COc1ccc([C@H]2c3cccn3CCCN2Cc2cccc(Cl)c2)cc1OC. The second-order valence-electron chi connectivity index (χ2n) is 7.10. The summed E-state index contributed by atoms with van der Waals surface area (Å²) in [5.41, 5.74) is 3.71. The van der Waals surface area contributed by atoms with Crippen LogP contribution < -0.4 is 9.47 Å². The second kappa shape index (κ2) is 8.29. The Morgan fingerprint density at radius 2 is 1.82 bits per heavy atom. The van der Waals surface area contributed by atoms with Gasteiger partial charge in [-0.2, -0.15) is 0 Å². The lowest BCUT2D eigenvalue weighted by atomic mass is 10.0. The summed E-state index contributed by atoms with van der Waals surface area (Å²) in [5, 5.41) is 0.776. The lowest BCUT2D eigenvalue weighted by molar-refractivity contribution is 0.220. The van der Waals surface area contributed by atoms with Gasteiger partial charge in [0.1, 0.15) is 0 Å². The zero-order chi connectivity index (χ0) is 19.5. The van der Waals surface area contributed by atoms with Crippen LogP contribution in [0.2, 0.25) is 5.02 Å². The zero-order valence-corrected chi connectivity index (χ0v) is 17.0. The lowest BCUT2D eigenvalue weighted by Crippen LogP contribution is -2.29. The zero-order valence-electron chi connectivity index (χ0n) is 16.3. The van der Waals surface area contributed by atoms with E-state index >= 15 is 0 Å². The molecule has 0 saturated carbocycles. The Bertz CT molecular complexity index is 953. The van der Waals surface area contributed by atoms with E-state index in [9.17, 15) is 0 Å². The Morgan fingerprint density at radius 3 is 2.61 bits per heavy atom. The minimum absolute atomic E-state index is 0.135. The monoisotopic (exact) mass is 396 g/mol. The van der Waals surface area contributed by atoms with Crippen LogP contribution in [-0.2, 0) is 13.1 Å². The summed E-state index contributed by atoms with van der Waals surface area (Å²) in [7, 11) is 3.35. The molecule has 0 spiro atoms. The third kappa shape index (κ3) is 3.75. The molecule has 2 heterocycles. The topological polar surface area (TPSA) is 26.6 Å². The summed E-state index contributed by atoms with van der Waals surface area (Å²) < 4.78 is 13.4. The molecule has 1 atom stereocenters. The molecule has 146 valence electrons. The Morgan fingerprint density at radius 1 is 0.964 bits per heavy atom. The highest BCUT2D eigenvalue weighted by Gasteiger charge is 2.28. The van der Waals surface area contributed by atoms with Crippen LogP contribution in [0.1, 0.15) is 29.3 Å². The van der Waals surface area contributed by atoms with Crippen molar-refractivity contribution in [2.45, 2.75) is 25.6 Å². The molecule has 5 heteroatoms. The highest BCUT2D eigenvalue weighted by atomic mass is 35.5. The predicted molar refractivity (Wildman–Crippen MR) is 112 cm³/mol. The molecule has 28 heavy (non-hydrogen) atoms. The molecule has 0 aliphatic carbocycles. The number of rotatable bonds is 5. The average Bonchev–Trinajstić information content (AvgIpc) is 3.09. The lowest BCUT2D eigenvalue weighted by Gasteiger charge is -2.31. The Labute approximate surface area is 171 Å². The van der Waals surface area contributed by atoms with Crippen LogP contribution in [0.5, 0.6) is 11.5 Å². The molecule has 1 aromatic heterocycles. The molecule has 2 aromatic carbocycles. The maximum Gasteiger partial charge on any atom is 0.161 e. The average molecular weight is 397 g/mol. The third-order valence-corrected chi connectivity index (χ3v) is 5.59. The summed E-state index contributed by atoms with van der Waals surface area (Å²) >= 11 is 6.23. The van der Waals surface area contributed by atoms with Crippen molar-refractivity contribution >= 4 is 11.6 Å². The normalized spacial score (nSPS) is 17.0. The standard InChI is InChI=1S/C23H25ClN2O2/c1-27-21-10-9-18(15-22(21)28-2)23-20-8-4-11-25(20)12-5-13-26(23)16-17-6-3-7-19(24)14-17/h3-4,6-11,14-15,23H,5,12-13,16H2,1-2H3/t23-/m0/s1. The minimum Gasteiger partial charge on any atom is -0.493 e. The highest BCUT2D eigenvalue weighted by Crippen LogP contribution is 2.37. The molecule has 0 bridgehead atoms. The van der Waals surface area contributed by atoms with Gasteiger partial charge in [0.15, 0.2) is 11.5 Å². The maximum absolute atomic E-state index is 6.23. The van der Waals surface area contributed by atoms with Gasteiger partial charge in [0, 0.05) is 36.5 Å². The van der Waals surface area contributed by atoms with E-state index in [1.165, 1.54) is 16.8 Å². The number of hydrogen-bond acceptors (Lipinski definition) is 3. The van der Waals surface area contributed by atoms with E-state index in [0.29, 0.717) is 0 Å². The second-order valence-corrected chi connectivity index (χ2v) is 7.53. The molecular formula is C23H25ClN2O2. The number of ether oxygens (including phenoxy) is 2. The van der Waals surface area contributed by atoms with Crippen molar-refractivity contribution in [3.8, 4) is 11.5 Å². The fourth-order valence-corrected chi connectivity index (χ4v) is 4.30. The van der Waals surface area contributed by atoms with E-state index in [4.69, 9.17) is 21.1 Å². The van der Waals surface area contributed by atoms with E-state index in [2.05, 4.69) is 52.1 Å². The summed E-state index contributed by atoms with van der Waals surface area (Å²) in [6.07, 6.45) is 3.28. The van der Waals surface area contributed by atoms with Crippen molar-refractivity contribution in [1.82, 2.24) is 9.47 Å². The number of methoxy groups -OCH3 is 2. The van der Waals surface area contributed by atoms with E-state index in [-0.39, 0.29) is 6.04 Å². The van der Waals surface area contributed by atoms with E-state index in [1.54, 1.807) is 14.2 Å². The predicted octanol–water partition coefficient (Wildman–Crippen LogP) is 5.15. The number of halogens is 1. The number of hydrogen-bond donors (Lipinski definition) is 0. The van der Waals surface area contributed by atoms with Gasteiger partial charge in [-0.3, -0.25) is 4.90 Å². The van der Waals surface area contributed by atoms with Gasteiger partial charge in [-0.25, -0.2) is 0 Å². The van der Waals surface area contributed by atoms with Gasteiger partial charge in [-0.1, -0.05) is 29.8 Å². The summed E-state index contributed by atoms with van der Waals surface area (Å²) in [6.45, 7) is 2.87. The Hall–Kier alpha value is -2.43. The largest absolute Gasteiger partial charge is 0.493 e. The van der Waals surface area contributed by atoms with Crippen LogP contribution in [0.3, 0.4) is 0 Å². The molecule has 0 N–H and O–H groups in total. The van der Waals surface area contributed by atoms with Crippen molar-refractivity contribution in [2.75, 3.05) is 20.8 Å². The number of aromatic nitrogens is 1. The molecule has 4 rings (SSSR count). The molecule has 0 amide bonds. The molecule has 0 fully saturated rings. The first-order valence-electron chi connectivity index (χ1n) is 9.55. The highest BCUT2D eigenvalue weighted by molar-refractivity contribution is 6.30. The first kappa shape index (κ1) is 18.9. The van der Waals surface area contributed by atoms with Gasteiger partial charge in [-0.15, -0.1) is 0 Å². The molecule has 1 aliphatic heterocycles. The summed E-state index contributed by atoms with van der Waals surface area (Å²) in [6, 6.07) is 18.8. The maximum atomic E-state index is 6.23. The van der Waals surface area contributed by atoms with E-state index < -0.39 is 0 Å². The van der Waals surface area contributed by atoms with Crippen LogP contribution >= 0.6 is 11.6 Å². The Balaban J connectivity index is 1.76. The van der Waals surface area contributed by atoms with Crippen LogP contribution in [0.4, 0.5) is 0 Å². The number of benzene rings is 2. The number of fused-ring (bicyclic) bond motifs is 1. The fourth-order valence-electron chi connectivity index (χ4n) is 4.08. The van der Waals surface area contributed by atoms with E-state index in [1.807, 2.05) is 18.2 Å². The molecule has 0 saturated heterocycles. The molecule has 3 aromatic rings. The molecule has 4 nitrogen and oxygen atoms in total. The number of aryl methyl sites for hydroxylation is 1. The van der Waals surface area contributed by atoms with Crippen LogP contribution in [0.25, 0.3) is 0 Å². The van der Waals surface area contributed by atoms with Crippen molar-refractivity contribution < 1.29 is 9.47 Å². The van der Waals surface area contributed by atoms with Crippen molar-refractivity contribution in [3.63, 3.8) is 0 Å². The van der Waals surface area contributed by atoms with Gasteiger partial charge in [0.2, 0.25) is 0 Å². The van der Waals surface area contributed by atoms with Gasteiger partial charge >= 0.3 is 0 Å². The molecule has 1 aliphatic rings. The van der Waals surface area contributed by atoms with Gasteiger partial charge in [0.25, 0.3) is 0 Å². The van der Waals surface area contributed by atoms with Crippen molar-refractivity contribution in [1.29, 1.82) is 0 Å². The van der Waals surface area contributed by atoms with E-state index in [0.717, 1.165) is 42.6 Å².